The molecular formula is C36H55F3N4O9P+. The SMILES string of the molecule is CC(C)N(C(C)C)[P+](O)(CCC#N)O[C@@H](COCc1cccc2ccccc12)COC(=O)NCCCOCCOCCOCCCNC(=O)C(F)(F)F. The van der Waals surface area contributed by atoms with Crippen LogP contribution in [0.4, 0.5) is 18.0 Å². The summed E-state index contributed by atoms with van der Waals surface area (Å²) in [6.07, 6.45) is -5.40. The Morgan fingerprint density at radius 1 is 0.849 bits per heavy atom. The number of carbonyl (C=O) groups is 2. The molecule has 0 radical (unpaired) electrons. The van der Waals surface area contributed by atoms with Gasteiger partial charge < -0.3 is 34.3 Å². The molecule has 13 nitrogen and oxygen atoms in total. The minimum Gasteiger partial charge on any atom is -0.447 e. The zero-order valence-electron chi connectivity index (χ0n) is 31.1. The van der Waals surface area contributed by atoms with E-state index in [9.17, 15) is 32.9 Å². The van der Waals surface area contributed by atoms with Crippen LogP contribution in [0.5, 0.6) is 0 Å². The number of halogens is 3. The lowest BCUT2D eigenvalue weighted by molar-refractivity contribution is -0.173. The second kappa shape index (κ2) is 25.0. The topological polar surface area (TPSA) is 161 Å². The van der Waals surface area contributed by atoms with Gasteiger partial charge in [-0.1, -0.05) is 42.5 Å². The van der Waals surface area contributed by atoms with Gasteiger partial charge in [-0.2, -0.15) is 23.0 Å². The van der Waals surface area contributed by atoms with E-state index in [1.807, 2.05) is 74.8 Å². The fraction of sp³-hybridized carbons (Fsp3) is 0.639. The van der Waals surface area contributed by atoms with Crippen LogP contribution in [0.2, 0.25) is 0 Å². The lowest BCUT2D eigenvalue weighted by atomic mass is 10.1. The third kappa shape index (κ3) is 18.2. The molecular weight excluding hydrogens is 720 g/mol. The lowest BCUT2D eigenvalue weighted by Gasteiger charge is -2.36. The van der Waals surface area contributed by atoms with Crippen molar-refractivity contribution in [3.8, 4) is 6.07 Å². The Morgan fingerprint density at radius 3 is 2.04 bits per heavy atom. The molecule has 0 saturated carbocycles. The first kappa shape index (κ1) is 46.0. The van der Waals surface area contributed by atoms with Crippen molar-refractivity contribution in [1.29, 1.82) is 5.26 Å². The van der Waals surface area contributed by atoms with Gasteiger partial charge in [-0.25, -0.2) is 9.69 Å². The molecule has 0 aromatic heterocycles. The number of nitriles is 1. The number of fused-ring (bicyclic) bond motifs is 1. The van der Waals surface area contributed by atoms with E-state index in [0.29, 0.717) is 26.2 Å². The average Bonchev–Trinajstić information content (AvgIpc) is 3.10. The molecule has 0 aliphatic carbocycles. The maximum atomic E-state index is 12.6. The molecule has 0 fully saturated rings. The van der Waals surface area contributed by atoms with Crippen LogP contribution in [0.15, 0.2) is 42.5 Å². The number of alkyl carbamates (subject to hydrolysis) is 1. The van der Waals surface area contributed by atoms with E-state index < -0.39 is 32.1 Å². The van der Waals surface area contributed by atoms with Gasteiger partial charge in [0.05, 0.1) is 52.1 Å². The van der Waals surface area contributed by atoms with E-state index in [0.717, 1.165) is 16.3 Å². The van der Waals surface area contributed by atoms with Crippen molar-refractivity contribution < 1.29 is 55.9 Å². The predicted octanol–water partition coefficient (Wildman–Crippen LogP) is 5.76. The van der Waals surface area contributed by atoms with Crippen LogP contribution >= 0.6 is 7.87 Å². The molecule has 1 unspecified atom stereocenters. The summed E-state index contributed by atoms with van der Waals surface area (Å²) in [7, 11) is -3.29. The molecule has 2 aromatic rings. The van der Waals surface area contributed by atoms with Crippen LogP contribution in [0.1, 0.15) is 52.5 Å². The Labute approximate surface area is 310 Å². The zero-order valence-corrected chi connectivity index (χ0v) is 32.0. The summed E-state index contributed by atoms with van der Waals surface area (Å²) in [6, 6.07) is 15.9. The van der Waals surface area contributed by atoms with E-state index in [1.165, 1.54) is 0 Å². The van der Waals surface area contributed by atoms with Gasteiger partial charge in [0.25, 0.3) is 0 Å². The standard InChI is InChI=1S/C36H54F3N4O9P/c1-28(2)43(29(3)4)53(46,24-8-15-40)52-32(26-50-25-31-13-7-12-30-11-5-6-14-33(30)31)27-51-35(45)42-17-10-19-48-21-23-49-22-20-47-18-9-16-41-34(44)36(37,38)39/h5-7,11-14,28-29,32,46H,8-10,16-27H2,1-4H3,(H-,41,42,44,45)/p+1/t32-,53?/m0/s1. The van der Waals surface area contributed by atoms with Crippen molar-refractivity contribution in [1.82, 2.24) is 15.3 Å². The van der Waals surface area contributed by atoms with E-state index >= 15 is 0 Å². The van der Waals surface area contributed by atoms with Gasteiger partial charge in [0.15, 0.2) is 6.10 Å². The molecule has 2 rings (SSSR count). The van der Waals surface area contributed by atoms with Crippen LogP contribution in [-0.4, -0.2) is 118 Å². The Hall–Kier alpha value is -3.13. The van der Waals surface area contributed by atoms with E-state index in [-0.39, 0.29) is 83.8 Å². The highest BCUT2D eigenvalue weighted by molar-refractivity contribution is 7.63. The van der Waals surface area contributed by atoms with Gasteiger partial charge in [0.1, 0.15) is 12.8 Å². The molecule has 2 atom stereocenters. The number of hydrogen-bond acceptors (Lipinski definition) is 11. The van der Waals surface area contributed by atoms with E-state index in [4.69, 9.17) is 28.2 Å². The molecule has 0 spiro atoms. The van der Waals surface area contributed by atoms with E-state index in [1.54, 1.807) is 5.32 Å². The summed E-state index contributed by atoms with van der Waals surface area (Å²) >= 11 is 0. The van der Waals surface area contributed by atoms with Crippen LogP contribution in [0, 0.1) is 11.3 Å². The van der Waals surface area contributed by atoms with Crippen molar-refractivity contribution >= 4 is 30.6 Å². The van der Waals surface area contributed by atoms with Crippen LogP contribution in [0.25, 0.3) is 10.8 Å². The van der Waals surface area contributed by atoms with Crippen molar-refractivity contribution in [3.63, 3.8) is 0 Å². The van der Waals surface area contributed by atoms with Crippen molar-refractivity contribution in [2.45, 2.75) is 77.9 Å². The first-order valence-electron chi connectivity index (χ1n) is 17.8. The molecule has 298 valence electrons. The molecule has 2 amide bonds. The molecule has 0 aliphatic rings. The highest BCUT2D eigenvalue weighted by Gasteiger charge is 2.50. The summed E-state index contributed by atoms with van der Waals surface area (Å²) in [6.45, 7) is 9.75. The van der Waals surface area contributed by atoms with Gasteiger partial charge in [-0.15, -0.1) is 4.67 Å². The monoisotopic (exact) mass is 775 g/mol. The Bertz CT molecular complexity index is 1390. The minimum absolute atomic E-state index is 0.0302. The highest BCUT2D eigenvalue weighted by Crippen LogP contribution is 2.62. The van der Waals surface area contributed by atoms with Crippen LogP contribution in [0.3, 0.4) is 0 Å². The summed E-state index contributed by atoms with van der Waals surface area (Å²) in [5.41, 5.74) is 0.983. The number of carbonyl (C=O) groups excluding carboxylic acids is 2. The number of benzene rings is 2. The van der Waals surface area contributed by atoms with Gasteiger partial charge in [-0.3, -0.25) is 4.79 Å². The fourth-order valence-electron chi connectivity index (χ4n) is 5.41. The first-order chi connectivity index (χ1) is 25.3. The van der Waals surface area contributed by atoms with Crippen molar-refractivity contribution in [2.75, 3.05) is 72.1 Å². The van der Waals surface area contributed by atoms with Crippen molar-refractivity contribution in [3.05, 3.63) is 48.0 Å². The van der Waals surface area contributed by atoms with Gasteiger partial charge in [0.2, 0.25) is 0 Å². The molecule has 2 aromatic carbocycles. The number of ether oxygens (including phenoxy) is 5. The Balaban J connectivity index is 1.75. The second-order valence-electron chi connectivity index (χ2n) is 12.6. The molecule has 53 heavy (non-hydrogen) atoms. The number of nitrogens with zero attached hydrogens (tertiary/aromatic N) is 2. The van der Waals surface area contributed by atoms with Gasteiger partial charge >= 0.3 is 26.0 Å². The van der Waals surface area contributed by atoms with Gasteiger partial charge in [0, 0.05) is 38.4 Å². The summed E-state index contributed by atoms with van der Waals surface area (Å²) in [5, 5.41) is 15.9. The first-order valence-corrected chi connectivity index (χ1v) is 19.6. The molecule has 0 bridgehead atoms. The average molecular weight is 776 g/mol. The smallest absolute Gasteiger partial charge is 0.447 e. The van der Waals surface area contributed by atoms with Crippen LogP contribution in [-0.2, 0) is 39.6 Å². The second-order valence-corrected chi connectivity index (χ2v) is 15.0. The Kier molecular flexibility index (Phi) is 21.7. The largest absolute Gasteiger partial charge is 0.471 e. The zero-order chi connectivity index (χ0) is 39.1. The fourth-order valence-corrected chi connectivity index (χ4v) is 8.28. The maximum Gasteiger partial charge on any atom is 0.471 e. The third-order valence-corrected chi connectivity index (χ3v) is 10.7. The molecule has 0 heterocycles. The number of nitrogens with one attached hydrogen (secondary N) is 2. The lowest BCUT2D eigenvalue weighted by Crippen LogP contribution is -2.41. The van der Waals surface area contributed by atoms with E-state index in [2.05, 4.69) is 11.4 Å². The molecule has 3 N–H and O–H groups in total. The van der Waals surface area contributed by atoms with Gasteiger partial charge in [-0.05, 0) is 56.9 Å². The molecule has 0 saturated heterocycles. The summed E-state index contributed by atoms with van der Waals surface area (Å²) in [5.74, 6) is -1.97. The summed E-state index contributed by atoms with van der Waals surface area (Å²) in [4.78, 5) is 35.2. The van der Waals surface area contributed by atoms with Crippen LogP contribution < -0.4 is 10.6 Å². The minimum atomic E-state index is -4.89. The number of alkyl halides is 3. The molecule has 0 aliphatic heterocycles. The normalized spacial score (nSPS) is 13.6. The quantitative estimate of drug-likeness (QED) is 0.0748. The number of amides is 2. The number of rotatable bonds is 27. The maximum absolute atomic E-state index is 12.6. The number of hydrogen-bond donors (Lipinski definition) is 3. The Morgan fingerprint density at radius 2 is 1.43 bits per heavy atom. The highest BCUT2D eigenvalue weighted by atomic mass is 31.2. The third-order valence-electron chi connectivity index (χ3n) is 7.58. The summed E-state index contributed by atoms with van der Waals surface area (Å²) < 4.78 is 72.3. The molecule has 17 heteroatoms. The van der Waals surface area contributed by atoms with Crippen molar-refractivity contribution in [2.24, 2.45) is 0 Å². The predicted molar refractivity (Wildman–Crippen MR) is 195 cm³/mol.